The summed E-state index contributed by atoms with van der Waals surface area (Å²) in [6.45, 7) is 1.68. The number of carbonyl (C=O) groups is 2. The van der Waals surface area contributed by atoms with E-state index in [0.717, 1.165) is 5.56 Å². The molecule has 1 amide bonds. The highest BCUT2D eigenvalue weighted by molar-refractivity contribution is 7.85. The molecule has 0 aromatic heterocycles. The Labute approximate surface area is 149 Å². The molecule has 25 heavy (non-hydrogen) atoms. The van der Waals surface area contributed by atoms with Gasteiger partial charge >= 0.3 is 6.09 Å². The monoisotopic (exact) mass is 359 g/mol. The number of rotatable bonds is 7. The molecule has 2 unspecified atom stereocenters. The van der Waals surface area contributed by atoms with Crippen LogP contribution in [0.1, 0.15) is 23.3 Å². The number of amides is 1. The van der Waals surface area contributed by atoms with Crippen LogP contribution in [0.3, 0.4) is 0 Å². The number of nitrogens with one attached hydrogen (secondary N) is 1. The van der Waals surface area contributed by atoms with Gasteiger partial charge in [-0.3, -0.25) is 9.00 Å². The van der Waals surface area contributed by atoms with E-state index in [9.17, 15) is 13.8 Å². The first-order chi connectivity index (χ1) is 12.0. The zero-order chi connectivity index (χ0) is 18.2. The van der Waals surface area contributed by atoms with Gasteiger partial charge in [0.15, 0.2) is 5.78 Å². The SMILES string of the molecule is C[C@H](NC(=O)OCc1ccccc1)C(=O)C(c1ccccc1)S(C)=O. The van der Waals surface area contributed by atoms with E-state index in [-0.39, 0.29) is 12.4 Å². The Morgan fingerprint density at radius 3 is 2.16 bits per heavy atom. The van der Waals surface area contributed by atoms with Gasteiger partial charge in [0.1, 0.15) is 11.9 Å². The van der Waals surface area contributed by atoms with Crippen LogP contribution < -0.4 is 5.32 Å². The van der Waals surface area contributed by atoms with Crippen LogP contribution in [0, 0.1) is 0 Å². The van der Waals surface area contributed by atoms with Crippen molar-refractivity contribution in [3.63, 3.8) is 0 Å². The number of ether oxygens (including phenoxy) is 1. The summed E-state index contributed by atoms with van der Waals surface area (Å²) in [4.78, 5) is 24.5. The van der Waals surface area contributed by atoms with E-state index in [2.05, 4.69) is 5.32 Å². The van der Waals surface area contributed by atoms with Crippen molar-refractivity contribution in [2.24, 2.45) is 0 Å². The van der Waals surface area contributed by atoms with Gasteiger partial charge < -0.3 is 10.1 Å². The first kappa shape index (κ1) is 18.9. The Kier molecular flexibility index (Phi) is 6.89. The Hall–Kier alpha value is -2.47. The van der Waals surface area contributed by atoms with Crippen molar-refractivity contribution >= 4 is 22.7 Å². The standard InChI is InChI=1S/C19H21NO4S/c1-14(20-19(22)24-13-15-9-5-3-6-10-15)17(21)18(25(2)23)16-11-7-4-8-12-16/h3-12,14,18H,13H2,1-2H3,(H,20,22)/t14-,18?,25?/m0/s1. The number of hydrogen-bond donors (Lipinski definition) is 1. The molecule has 0 aliphatic heterocycles. The van der Waals surface area contributed by atoms with Gasteiger partial charge in [0.05, 0.1) is 6.04 Å². The maximum atomic E-state index is 12.6. The fourth-order valence-corrected chi connectivity index (χ4v) is 3.46. The van der Waals surface area contributed by atoms with Crippen molar-refractivity contribution in [1.82, 2.24) is 5.32 Å². The summed E-state index contributed by atoms with van der Waals surface area (Å²) in [7, 11) is -1.39. The van der Waals surface area contributed by atoms with Crippen molar-refractivity contribution < 1.29 is 18.5 Å². The largest absolute Gasteiger partial charge is 0.445 e. The third kappa shape index (κ3) is 5.53. The van der Waals surface area contributed by atoms with Crippen LogP contribution in [0.25, 0.3) is 0 Å². The van der Waals surface area contributed by atoms with E-state index < -0.39 is 28.2 Å². The molecule has 1 N–H and O–H groups in total. The van der Waals surface area contributed by atoms with Gasteiger partial charge in [0.25, 0.3) is 0 Å². The average Bonchev–Trinajstić information content (AvgIpc) is 2.61. The normalized spacial score (nSPS) is 14.2. The molecule has 0 aliphatic rings. The average molecular weight is 359 g/mol. The lowest BCUT2D eigenvalue weighted by Gasteiger charge is -2.19. The summed E-state index contributed by atoms with van der Waals surface area (Å²) in [6, 6.07) is 17.4. The van der Waals surface area contributed by atoms with E-state index >= 15 is 0 Å². The van der Waals surface area contributed by atoms with Crippen LogP contribution >= 0.6 is 0 Å². The molecule has 2 aromatic carbocycles. The van der Waals surface area contributed by atoms with Gasteiger partial charge in [-0.15, -0.1) is 0 Å². The molecule has 0 heterocycles. The Bertz CT molecular complexity index is 734. The van der Waals surface area contributed by atoms with Gasteiger partial charge in [-0.25, -0.2) is 4.79 Å². The maximum Gasteiger partial charge on any atom is 0.408 e. The predicted octanol–water partition coefficient (Wildman–Crippen LogP) is 2.99. The van der Waals surface area contributed by atoms with Crippen LogP contribution in [-0.2, 0) is 26.9 Å². The van der Waals surface area contributed by atoms with Crippen molar-refractivity contribution in [1.29, 1.82) is 0 Å². The topological polar surface area (TPSA) is 72.5 Å². The molecule has 6 heteroatoms. The summed E-state index contributed by atoms with van der Waals surface area (Å²) >= 11 is 0. The van der Waals surface area contributed by atoms with Crippen LogP contribution in [0.4, 0.5) is 4.79 Å². The van der Waals surface area contributed by atoms with E-state index in [1.54, 1.807) is 31.2 Å². The smallest absolute Gasteiger partial charge is 0.408 e. The molecule has 0 saturated carbocycles. The molecule has 3 atom stereocenters. The zero-order valence-corrected chi connectivity index (χ0v) is 15.0. The quantitative estimate of drug-likeness (QED) is 0.825. The highest BCUT2D eigenvalue weighted by atomic mass is 32.2. The highest BCUT2D eigenvalue weighted by Crippen LogP contribution is 2.21. The van der Waals surface area contributed by atoms with E-state index in [0.29, 0.717) is 5.56 Å². The summed E-state index contributed by atoms with van der Waals surface area (Å²) < 4.78 is 17.1. The second-order valence-corrected chi connectivity index (χ2v) is 7.09. The molecule has 0 saturated heterocycles. The predicted molar refractivity (Wildman–Crippen MR) is 97.5 cm³/mol. The van der Waals surface area contributed by atoms with Crippen LogP contribution in [0.15, 0.2) is 60.7 Å². The number of hydrogen-bond acceptors (Lipinski definition) is 4. The Morgan fingerprint density at radius 1 is 1.04 bits per heavy atom. The number of ketones is 1. The molecule has 2 rings (SSSR count). The number of alkyl carbamates (subject to hydrolysis) is 1. The van der Waals surface area contributed by atoms with Crippen LogP contribution in [0.5, 0.6) is 0 Å². The van der Waals surface area contributed by atoms with E-state index in [1.807, 2.05) is 36.4 Å². The summed E-state index contributed by atoms with van der Waals surface area (Å²) in [6.07, 6.45) is 0.800. The number of benzene rings is 2. The van der Waals surface area contributed by atoms with Gasteiger partial charge in [0.2, 0.25) is 0 Å². The van der Waals surface area contributed by atoms with Crippen LogP contribution in [0.2, 0.25) is 0 Å². The van der Waals surface area contributed by atoms with E-state index in [1.165, 1.54) is 6.26 Å². The van der Waals surface area contributed by atoms with Crippen molar-refractivity contribution in [2.75, 3.05) is 6.26 Å². The van der Waals surface area contributed by atoms with Crippen LogP contribution in [-0.4, -0.2) is 28.4 Å². The second-order valence-electron chi connectivity index (χ2n) is 5.62. The Morgan fingerprint density at radius 2 is 1.60 bits per heavy atom. The second kappa shape index (κ2) is 9.13. The molecule has 0 fully saturated rings. The van der Waals surface area contributed by atoms with Gasteiger partial charge in [-0.1, -0.05) is 60.7 Å². The minimum Gasteiger partial charge on any atom is -0.445 e. The third-order valence-corrected chi connectivity index (χ3v) is 4.83. The molecular formula is C19H21NO4S. The molecule has 132 valence electrons. The minimum atomic E-state index is -1.39. The van der Waals surface area contributed by atoms with Gasteiger partial charge in [-0.2, -0.15) is 0 Å². The molecule has 0 radical (unpaired) electrons. The van der Waals surface area contributed by atoms with Gasteiger partial charge in [-0.05, 0) is 18.1 Å². The summed E-state index contributed by atoms with van der Waals surface area (Å²) in [5.41, 5.74) is 1.52. The lowest BCUT2D eigenvalue weighted by Crippen LogP contribution is -2.41. The lowest BCUT2D eigenvalue weighted by atomic mass is 10.0. The fourth-order valence-electron chi connectivity index (χ4n) is 2.39. The number of Topliss-reactive ketones (excluding diaryl/α,β-unsaturated/α-hetero) is 1. The maximum absolute atomic E-state index is 12.6. The first-order valence-electron chi connectivity index (χ1n) is 7.87. The summed E-state index contributed by atoms with van der Waals surface area (Å²) in [5, 5.41) is 1.72. The lowest BCUT2D eigenvalue weighted by molar-refractivity contribution is -0.120. The summed E-state index contributed by atoms with van der Waals surface area (Å²) in [5.74, 6) is -0.316. The molecule has 0 aliphatic carbocycles. The first-order valence-corrected chi connectivity index (χ1v) is 9.49. The Balaban J connectivity index is 1.96. The van der Waals surface area contributed by atoms with E-state index in [4.69, 9.17) is 4.74 Å². The molecule has 5 nitrogen and oxygen atoms in total. The van der Waals surface area contributed by atoms with Crippen molar-refractivity contribution in [3.8, 4) is 0 Å². The van der Waals surface area contributed by atoms with Gasteiger partial charge in [0, 0.05) is 17.1 Å². The van der Waals surface area contributed by atoms with Crippen molar-refractivity contribution in [3.05, 3.63) is 71.8 Å². The highest BCUT2D eigenvalue weighted by Gasteiger charge is 2.29. The molecule has 2 aromatic rings. The minimum absolute atomic E-state index is 0.120. The third-order valence-electron chi connectivity index (χ3n) is 3.67. The zero-order valence-electron chi connectivity index (χ0n) is 14.2. The van der Waals surface area contributed by atoms with Crippen molar-refractivity contribution in [2.45, 2.75) is 24.8 Å². The fraction of sp³-hybridized carbons (Fsp3) is 0.263. The molecule has 0 bridgehead atoms. The number of carbonyl (C=O) groups excluding carboxylic acids is 2. The molecular weight excluding hydrogens is 338 g/mol. The molecule has 0 spiro atoms.